The molecule has 0 radical (unpaired) electrons. The van der Waals surface area contributed by atoms with Crippen molar-refractivity contribution in [3.05, 3.63) is 107 Å². The van der Waals surface area contributed by atoms with Gasteiger partial charge in [-0.15, -0.1) is 0 Å². The first-order chi connectivity index (χ1) is 13.7. The summed E-state index contributed by atoms with van der Waals surface area (Å²) in [6.07, 6.45) is 3.08. The van der Waals surface area contributed by atoms with Gasteiger partial charge in [0.2, 0.25) is 0 Å². The number of nitrogens with one attached hydrogen (secondary N) is 2. The van der Waals surface area contributed by atoms with Gasteiger partial charge in [0.15, 0.2) is 0 Å². The smallest absolute Gasteiger partial charge is 0.267 e. The monoisotopic (exact) mass is 370 g/mol. The van der Waals surface area contributed by atoms with E-state index < -0.39 is 0 Å². The summed E-state index contributed by atoms with van der Waals surface area (Å²) in [4.78, 5) is 23.9. The van der Waals surface area contributed by atoms with Crippen molar-refractivity contribution in [1.82, 2.24) is 10.9 Å². The molecule has 0 aliphatic heterocycles. The maximum absolute atomic E-state index is 11.9. The minimum Gasteiger partial charge on any atom is -0.267 e. The number of amides is 2. The maximum atomic E-state index is 11.9. The zero-order chi connectivity index (χ0) is 19.6. The number of nitrogens with zero attached hydrogens (tertiary/aromatic N) is 2. The number of rotatable bonds is 6. The third-order valence-electron chi connectivity index (χ3n) is 3.74. The summed E-state index contributed by atoms with van der Waals surface area (Å²) in [5.41, 5.74) is 7.61. The Morgan fingerprint density at radius 2 is 1.04 bits per heavy atom. The zero-order valence-corrected chi connectivity index (χ0v) is 14.9. The molecule has 0 aliphatic rings. The van der Waals surface area contributed by atoms with Crippen LogP contribution in [0.15, 0.2) is 95.1 Å². The Kier molecular flexibility index (Phi) is 6.41. The van der Waals surface area contributed by atoms with Crippen LogP contribution in [-0.4, -0.2) is 24.2 Å². The first kappa shape index (κ1) is 18.7. The molecule has 6 nitrogen and oxygen atoms in total. The molecule has 28 heavy (non-hydrogen) atoms. The van der Waals surface area contributed by atoms with E-state index in [0.29, 0.717) is 11.1 Å². The fourth-order valence-corrected chi connectivity index (χ4v) is 2.36. The van der Waals surface area contributed by atoms with Gasteiger partial charge >= 0.3 is 0 Å². The summed E-state index contributed by atoms with van der Waals surface area (Å²) < 4.78 is 0. The summed E-state index contributed by atoms with van der Waals surface area (Å²) in [5.74, 6) is -0.559. The standard InChI is InChI=1S/C22H18N4O2/c27-21(19-10-3-1-4-11-19)25-23-15-17-8-7-9-18(14-17)16-24-26-22(28)20-12-5-2-6-13-20/h1-16H,(H,25,27)(H,26,28)/b23-15-,24-16-. The lowest BCUT2D eigenvalue weighted by molar-refractivity contribution is 0.0947. The minimum atomic E-state index is -0.279. The summed E-state index contributed by atoms with van der Waals surface area (Å²) in [5, 5.41) is 7.94. The molecule has 3 aromatic rings. The molecule has 2 N–H and O–H groups in total. The first-order valence-electron chi connectivity index (χ1n) is 8.59. The minimum absolute atomic E-state index is 0.279. The molecule has 138 valence electrons. The summed E-state index contributed by atoms with van der Waals surface area (Å²) >= 11 is 0. The summed E-state index contributed by atoms with van der Waals surface area (Å²) in [6.45, 7) is 0. The molecule has 0 spiro atoms. The van der Waals surface area contributed by atoms with Gasteiger partial charge in [0, 0.05) is 11.1 Å². The van der Waals surface area contributed by atoms with Gasteiger partial charge in [-0.05, 0) is 41.5 Å². The Morgan fingerprint density at radius 1 is 0.607 bits per heavy atom. The first-order valence-corrected chi connectivity index (χ1v) is 8.59. The molecule has 0 unspecified atom stereocenters. The van der Waals surface area contributed by atoms with Gasteiger partial charge in [0.1, 0.15) is 0 Å². The molecule has 6 heteroatoms. The lowest BCUT2D eigenvalue weighted by Gasteiger charge is -2.00. The van der Waals surface area contributed by atoms with Crippen molar-refractivity contribution in [2.24, 2.45) is 10.2 Å². The fourth-order valence-electron chi connectivity index (χ4n) is 2.36. The van der Waals surface area contributed by atoms with Crippen LogP contribution in [0.3, 0.4) is 0 Å². The molecule has 3 aromatic carbocycles. The molecule has 0 fully saturated rings. The molecule has 0 saturated heterocycles. The SMILES string of the molecule is O=C(N/N=C\c1cccc(/C=N\NC(=O)c2ccccc2)c1)c1ccccc1. The second-order valence-electron chi connectivity index (χ2n) is 5.80. The largest absolute Gasteiger partial charge is 0.271 e. The highest BCUT2D eigenvalue weighted by molar-refractivity contribution is 5.96. The van der Waals surface area contributed by atoms with Gasteiger partial charge < -0.3 is 0 Å². The topological polar surface area (TPSA) is 82.9 Å². The van der Waals surface area contributed by atoms with Crippen LogP contribution in [0.1, 0.15) is 31.8 Å². The molecule has 0 atom stereocenters. The van der Waals surface area contributed by atoms with E-state index in [0.717, 1.165) is 11.1 Å². The van der Waals surface area contributed by atoms with E-state index in [4.69, 9.17) is 0 Å². The molecular weight excluding hydrogens is 352 g/mol. The highest BCUT2D eigenvalue weighted by Gasteiger charge is 2.02. The van der Waals surface area contributed by atoms with Crippen LogP contribution in [0.25, 0.3) is 0 Å². The molecule has 2 amide bonds. The Labute approximate surface area is 162 Å². The Bertz CT molecular complexity index is 921. The van der Waals surface area contributed by atoms with E-state index in [1.807, 2.05) is 36.4 Å². The van der Waals surface area contributed by atoms with E-state index >= 15 is 0 Å². The summed E-state index contributed by atoms with van der Waals surface area (Å²) in [7, 11) is 0. The molecule has 0 heterocycles. The van der Waals surface area contributed by atoms with Crippen molar-refractivity contribution < 1.29 is 9.59 Å². The molecule has 0 bridgehead atoms. The number of carbonyl (C=O) groups is 2. The number of hydrogen-bond acceptors (Lipinski definition) is 4. The van der Waals surface area contributed by atoms with E-state index in [9.17, 15) is 9.59 Å². The van der Waals surface area contributed by atoms with Gasteiger partial charge in [-0.2, -0.15) is 10.2 Å². The van der Waals surface area contributed by atoms with Gasteiger partial charge in [-0.3, -0.25) is 9.59 Å². The summed E-state index contributed by atoms with van der Waals surface area (Å²) in [6, 6.07) is 25.1. The Hall–Kier alpha value is -4.06. The second-order valence-corrected chi connectivity index (χ2v) is 5.80. The van der Waals surface area contributed by atoms with E-state index in [2.05, 4.69) is 21.1 Å². The molecule has 0 aromatic heterocycles. The van der Waals surface area contributed by atoms with Crippen LogP contribution >= 0.6 is 0 Å². The van der Waals surface area contributed by atoms with Crippen molar-refractivity contribution >= 4 is 24.2 Å². The van der Waals surface area contributed by atoms with Crippen molar-refractivity contribution in [2.45, 2.75) is 0 Å². The molecule has 0 aliphatic carbocycles. The number of hydrogen-bond donors (Lipinski definition) is 2. The van der Waals surface area contributed by atoms with Crippen molar-refractivity contribution in [1.29, 1.82) is 0 Å². The lowest BCUT2D eigenvalue weighted by Crippen LogP contribution is -2.17. The number of benzene rings is 3. The van der Waals surface area contributed by atoms with Crippen LogP contribution < -0.4 is 10.9 Å². The second kappa shape index (κ2) is 9.59. The Balaban J connectivity index is 1.56. The maximum Gasteiger partial charge on any atom is 0.271 e. The van der Waals surface area contributed by atoms with Crippen LogP contribution in [0.4, 0.5) is 0 Å². The third-order valence-corrected chi connectivity index (χ3v) is 3.74. The zero-order valence-electron chi connectivity index (χ0n) is 14.9. The number of hydrazone groups is 2. The number of carbonyl (C=O) groups excluding carboxylic acids is 2. The fraction of sp³-hybridized carbons (Fsp3) is 0. The third kappa shape index (κ3) is 5.47. The van der Waals surface area contributed by atoms with E-state index in [-0.39, 0.29) is 11.8 Å². The van der Waals surface area contributed by atoms with Crippen LogP contribution in [-0.2, 0) is 0 Å². The van der Waals surface area contributed by atoms with E-state index in [1.54, 1.807) is 61.0 Å². The molecular formula is C22H18N4O2. The molecule has 3 rings (SSSR count). The van der Waals surface area contributed by atoms with Gasteiger partial charge in [-0.25, -0.2) is 10.9 Å². The predicted octanol–water partition coefficient (Wildman–Crippen LogP) is 3.21. The van der Waals surface area contributed by atoms with Crippen molar-refractivity contribution in [3.8, 4) is 0 Å². The average molecular weight is 370 g/mol. The lowest BCUT2D eigenvalue weighted by atomic mass is 10.1. The quantitative estimate of drug-likeness (QED) is 0.516. The van der Waals surface area contributed by atoms with Gasteiger partial charge in [0.25, 0.3) is 11.8 Å². The van der Waals surface area contributed by atoms with Crippen molar-refractivity contribution in [3.63, 3.8) is 0 Å². The van der Waals surface area contributed by atoms with Crippen LogP contribution in [0.5, 0.6) is 0 Å². The van der Waals surface area contributed by atoms with E-state index in [1.165, 1.54) is 0 Å². The van der Waals surface area contributed by atoms with Crippen LogP contribution in [0, 0.1) is 0 Å². The highest BCUT2D eigenvalue weighted by atomic mass is 16.2. The van der Waals surface area contributed by atoms with Gasteiger partial charge in [-0.1, -0.05) is 54.6 Å². The van der Waals surface area contributed by atoms with Crippen molar-refractivity contribution in [2.75, 3.05) is 0 Å². The molecule has 0 saturated carbocycles. The van der Waals surface area contributed by atoms with Crippen LogP contribution in [0.2, 0.25) is 0 Å². The predicted molar refractivity (Wildman–Crippen MR) is 109 cm³/mol. The Morgan fingerprint density at radius 3 is 1.46 bits per heavy atom. The normalized spacial score (nSPS) is 10.9. The van der Waals surface area contributed by atoms with Gasteiger partial charge in [0.05, 0.1) is 12.4 Å². The average Bonchev–Trinajstić information content (AvgIpc) is 2.75. The highest BCUT2D eigenvalue weighted by Crippen LogP contribution is 2.02.